The largest absolute Gasteiger partial charge is 0.384 e. The Kier molecular flexibility index (Phi) is 5.67. The molecule has 1 atom stereocenters. The Morgan fingerprint density at radius 3 is 2.60 bits per heavy atom. The van der Waals surface area contributed by atoms with Crippen molar-refractivity contribution in [2.24, 2.45) is 11.1 Å². The standard InChI is InChI=1S/C13H20N2O4S/c1-9(8-19-3)7-15-13(16)12-5-4-11(6-10(12)2)20(14,17)18/h4-6,9H,7-8H2,1-3H3,(H,15,16)(H2,14,17,18). The number of carbonyl (C=O) groups excluding carboxylic acids is 1. The molecule has 0 spiro atoms. The third-order valence-corrected chi connectivity index (χ3v) is 3.74. The van der Waals surface area contributed by atoms with Gasteiger partial charge in [0.15, 0.2) is 0 Å². The highest BCUT2D eigenvalue weighted by molar-refractivity contribution is 7.89. The van der Waals surface area contributed by atoms with Crippen molar-refractivity contribution in [1.82, 2.24) is 5.32 Å². The predicted octanol–water partition coefficient (Wildman–Crippen LogP) is 0.655. The van der Waals surface area contributed by atoms with Crippen LogP contribution < -0.4 is 10.5 Å². The molecule has 1 aromatic carbocycles. The molecular formula is C13H20N2O4S. The molecule has 112 valence electrons. The van der Waals surface area contributed by atoms with E-state index in [0.29, 0.717) is 24.3 Å². The number of ether oxygens (including phenoxy) is 1. The first-order valence-corrected chi connectivity index (χ1v) is 7.71. The summed E-state index contributed by atoms with van der Waals surface area (Å²) in [6, 6.07) is 4.18. The summed E-state index contributed by atoms with van der Waals surface area (Å²) in [6.45, 7) is 4.68. The van der Waals surface area contributed by atoms with Crippen molar-refractivity contribution in [1.29, 1.82) is 0 Å². The molecule has 0 fully saturated rings. The van der Waals surface area contributed by atoms with Crippen LogP contribution in [0.2, 0.25) is 0 Å². The number of sulfonamides is 1. The van der Waals surface area contributed by atoms with Gasteiger partial charge >= 0.3 is 0 Å². The average molecular weight is 300 g/mol. The number of primary sulfonamides is 1. The molecule has 1 rings (SSSR count). The summed E-state index contributed by atoms with van der Waals surface area (Å²) in [7, 11) is -2.14. The molecule has 7 heteroatoms. The number of hydrogen-bond donors (Lipinski definition) is 2. The SMILES string of the molecule is COCC(C)CNC(=O)c1ccc(S(N)(=O)=O)cc1C. The van der Waals surface area contributed by atoms with Crippen molar-refractivity contribution in [2.45, 2.75) is 18.7 Å². The van der Waals surface area contributed by atoms with E-state index in [4.69, 9.17) is 9.88 Å². The zero-order chi connectivity index (χ0) is 15.3. The number of nitrogens with one attached hydrogen (secondary N) is 1. The summed E-state index contributed by atoms with van der Waals surface area (Å²) in [5, 5.41) is 7.82. The van der Waals surface area contributed by atoms with Gasteiger partial charge in [0.2, 0.25) is 10.0 Å². The second-order valence-corrected chi connectivity index (χ2v) is 6.35. The number of amides is 1. The number of benzene rings is 1. The van der Waals surface area contributed by atoms with Gasteiger partial charge in [-0.15, -0.1) is 0 Å². The monoisotopic (exact) mass is 300 g/mol. The molecular weight excluding hydrogens is 280 g/mol. The molecule has 0 aliphatic rings. The van der Waals surface area contributed by atoms with Gasteiger partial charge in [-0.2, -0.15) is 0 Å². The first-order valence-electron chi connectivity index (χ1n) is 6.16. The van der Waals surface area contributed by atoms with Gasteiger partial charge in [-0.1, -0.05) is 6.92 Å². The van der Waals surface area contributed by atoms with Gasteiger partial charge in [0.05, 0.1) is 11.5 Å². The Balaban J connectivity index is 2.80. The van der Waals surface area contributed by atoms with Gasteiger partial charge < -0.3 is 10.1 Å². The van der Waals surface area contributed by atoms with E-state index in [-0.39, 0.29) is 16.7 Å². The lowest BCUT2D eigenvalue weighted by Gasteiger charge is -2.13. The van der Waals surface area contributed by atoms with Crippen LogP contribution in [0.5, 0.6) is 0 Å². The van der Waals surface area contributed by atoms with Crippen LogP contribution in [-0.4, -0.2) is 34.6 Å². The maximum absolute atomic E-state index is 12.0. The summed E-state index contributed by atoms with van der Waals surface area (Å²) >= 11 is 0. The van der Waals surface area contributed by atoms with Crippen LogP contribution in [0.1, 0.15) is 22.8 Å². The summed E-state index contributed by atoms with van der Waals surface area (Å²) in [5.74, 6) is -0.0422. The number of aryl methyl sites for hydroxylation is 1. The van der Waals surface area contributed by atoms with Gasteiger partial charge in [-0.25, -0.2) is 13.6 Å². The lowest BCUT2D eigenvalue weighted by Crippen LogP contribution is -2.30. The van der Waals surface area contributed by atoms with Crippen LogP contribution in [0.3, 0.4) is 0 Å². The minimum Gasteiger partial charge on any atom is -0.384 e. The highest BCUT2D eigenvalue weighted by Gasteiger charge is 2.14. The third-order valence-electron chi connectivity index (χ3n) is 2.83. The summed E-state index contributed by atoms with van der Waals surface area (Å²) in [4.78, 5) is 12.0. The first-order chi connectivity index (χ1) is 9.25. The fraction of sp³-hybridized carbons (Fsp3) is 0.462. The van der Waals surface area contributed by atoms with Gasteiger partial charge in [0.25, 0.3) is 5.91 Å². The summed E-state index contributed by atoms with van der Waals surface area (Å²) < 4.78 is 27.4. The topological polar surface area (TPSA) is 98.5 Å². The zero-order valence-electron chi connectivity index (χ0n) is 11.8. The molecule has 1 unspecified atom stereocenters. The molecule has 0 bridgehead atoms. The van der Waals surface area contributed by atoms with Crippen LogP contribution in [0, 0.1) is 12.8 Å². The number of methoxy groups -OCH3 is 1. The predicted molar refractivity (Wildman–Crippen MR) is 75.9 cm³/mol. The lowest BCUT2D eigenvalue weighted by atomic mass is 10.1. The van der Waals surface area contributed by atoms with Crippen molar-refractivity contribution in [3.8, 4) is 0 Å². The van der Waals surface area contributed by atoms with Gasteiger partial charge in [-0.3, -0.25) is 4.79 Å². The maximum atomic E-state index is 12.0. The van der Waals surface area contributed by atoms with Crippen molar-refractivity contribution in [3.63, 3.8) is 0 Å². The fourth-order valence-electron chi connectivity index (χ4n) is 1.77. The molecule has 0 saturated heterocycles. The third kappa shape index (κ3) is 4.59. The summed E-state index contributed by atoms with van der Waals surface area (Å²) in [5.41, 5.74) is 0.996. The van der Waals surface area contributed by atoms with Gasteiger partial charge in [-0.05, 0) is 36.6 Å². The number of carbonyl (C=O) groups is 1. The molecule has 0 saturated carbocycles. The number of rotatable bonds is 6. The maximum Gasteiger partial charge on any atom is 0.251 e. The van der Waals surface area contributed by atoms with Crippen molar-refractivity contribution >= 4 is 15.9 Å². The minimum absolute atomic E-state index is 0.000647. The van der Waals surface area contributed by atoms with Crippen molar-refractivity contribution in [3.05, 3.63) is 29.3 Å². The molecule has 0 aliphatic heterocycles. The molecule has 0 aromatic heterocycles. The Labute approximate surface area is 119 Å². The normalized spacial score (nSPS) is 13.0. The Morgan fingerprint density at radius 1 is 1.45 bits per heavy atom. The molecule has 1 amide bonds. The van der Waals surface area contributed by atoms with E-state index in [1.165, 1.54) is 18.2 Å². The van der Waals surface area contributed by atoms with Crippen LogP contribution in [0.4, 0.5) is 0 Å². The van der Waals surface area contributed by atoms with Crippen LogP contribution in [0.15, 0.2) is 23.1 Å². The molecule has 1 aromatic rings. The molecule has 0 aliphatic carbocycles. The molecule has 0 heterocycles. The second-order valence-electron chi connectivity index (χ2n) is 4.79. The lowest BCUT2D eigenvalue weighted by molar-refractivity contribution is 0.0933. The quantitative estimate of drug-likeness (QED) is 0.806. The minimum atomic E-state index is -3.75. The fourth-order valence-corrected chi connectivity index (χ4v) is 2.37. The van der Waals surface area contributed by atoms with Crippen LogP contribution in [0.25, 0.3) is 0 Å². The smallest absolute Gasteiger partial charge is 0.251 e. The number of nitrogens with two attached hydrogens (primary N) is 1. The van der Waals surface area contributed by atoms with E-state index in [2.05, 4.69) is 5.32 Å². The second kappa shape index (κ2) is 6.83. The van der Waals surface area contributed by atoms with E-state index in [1.807, 2.05) is 6.92 Å². The van der Waals surface area contributed by atoms with Crippen molar-refractivity contribution in [2.75, 3.05) is 20.3 Å². The van der Waals surface area contributed by atoms with Gasteiger partial charge in [0.1, 0.15) is 0 Å². The molecule has 0 radical (unpaired) electrons. The van der Waals surface area contributed by atoms with Gasteiger partial charge in [0, 0.05) is 19.2 Å². The molecule has 6 nitrogen and oxygen atoms in total. The molecule has 3 N–H and O–H groups in total. The Hall–Kier alpha value is -1.44. The highest BCUT2D eigenvalue weighted by Crippen LogP contribution is 2.14. The zero-order valence-corrected chi connectivity index (χ0v) is 12.7. The highest BCUT2D eigenvalue weighted by atomic mass is 32.2. The number of hydrogen-bond acceptors (Lipinski definition) is 4. The average Bonchev–Trinajstić information content (AvgIpc) is 2.35. The molecule has 20 heavy (non-hydrogen) atoms. The summed E-state index contributed by atoms with van der Waals surface area (Å²) in [6.07, 6.45) is 0. The van der Waals surface area contributed by atoms with Crippen LogP contribution >= 0.6 is 0 Å². The van der Waals surface area contributed by atoms with Crippen molar-refractivity contribution < 1.29 is 17.9 Å². The van der Waals surface area contributed by atoms with E-state index < -0.39 is 10.0 Å². The Morgan fingerprint density at radius 2 is 2.10 bits per heavy atom. The van der Waals surface area contributed by atoms with Crippen LogP contribution in [-0.2, 0) is 14.8 Å². The van der Waals surface area contributed by atoms with E-state index in [0.717, 1.165) is 0 Å². The van der Waals surface area contributed by atoms with E-state index in [1.54, 1.807) is 14.0 Å². The Bertz CT molecular complexity index is 584. The van der Waals surface area contributed by atoms with E-state index in [9.17, 15) is 13.2 Å². The first kappa shape index (κ1) is 16.6. The van der Waals surface area contributed by atoms with E-state index >= 15 is 0 Å².